The fourth-order valence-electron chi connectivity index (χ4n) is 3.04. The van der Waals surface area contributed by atoms with Crippen molar-refractivity contribution in [1.29, 1.82) is 0 Å². The molecule has 4 nitrogen and oxygen atoms in total. The molecule has 4 heteroatoms. The monoisotopic (exact) mass is 379 g/mol. The molecule has 0 bridgehead atoms. The lowest BCUT2D eigenvalue weighted by molar-refractivity contribution is 0.0699. The van der Waals surface area contributed by atoms with E-state index in [9.17, 15) is 9.90 Å². The normalized spacial score (nSPS) is 15.6. The summed E-state index contributed by atoms with van der Waals surface area (Å²) in [6, 6.07) is 11.4. The Labute approximate surface area is 167 Å². The van der Waals surface area contributed by atoms with Gasteiger partial charge in [-0.3, -0.25) is 4.79 Å². The van der Waals surface area contributed by atoms with Crippen molar-refractivity contribution in [3.63, 3.8) is 0 Å². The molecule has 148 valence electrons. The van der Waals surface area contributed by atoms with Crippen LogP contribution in [0.1, 0.15) is 56.5 Å². The fraction of sp³-hybridized carbons (Fsp3) is 0.458. The van der Waals surface area contributed by atoms with E-state index in [0.717, 1.165) is 16.8 Å². The average Bonchev–Trinajstić information content (AvgIpc) is 3.48. The van der Waals surface area contributed by atoms with Crippen molar-refractivity contribution >= 4 is 0 Å². The molecule has 1 aromatic heterocycles. The summed E-state index contributed by atoms with van der Waals surface area (Å²) in [7, 11) is 0. The zero-order valence-corrected chi connectivity index (χ0v) is 17.1. The van der Waals surface area contributed by atoms with Gasteiger partial charge in [-0.25, -0.2) is 0 Å². The van der Waals surface area contributed by atoms with Gasteiger partial charge in [0.25, 0.3) is 5.56 Å². The Morgan fingerprint density at radius 2 is 1.86 bits per heavy atom. The summed E-state index contributed by atoms with van der Waals surface area (Å²) in [5.74, 6) is 7.68. The van der Waals surface area contributed by atoms with Gasteiger partial charge in [-0.2, -0.15) is 0 Å². The van der Waals surface area contributed by atoms with E-state index in [1.807, 2.05) is 58.0 Å². The topological polar surface area (TPSA) is 51.5 Å². The summed E-state index contributed by atoms with van der Waals surface area (Å²) in [6.07, 6.45) is 1.89. The summed E-state index contributed by atoms with van der Waals surface area (Å²) < 4.78 is 7.38. The number of aliphatic hydroxyl groups excluding tert-OH is 1. The van der Waals surface area contributed by atoms with E-state index in [4.69, 9.17) is 4.74 Å². The Bertz CT molecular complexity index is 927. The Kier molecular flexibility index (Phi) is 6.26. The van der Waals surface area contributed by atoms with Crippen molar-refractivity contribution in [3.05, 3.63) is 63.6 Å². The van der Waals surface area contributed by atoms with Crippen molar-refractivity contribution in [1.82, 2.24) is 4.57 Å². The highest BCUT2D eigenvalue weighted by Gasteiger charge is 2.18. The van der Waals surface area contributed by atoms with Gasteiger partial charge in [0.1, 0.15) is 12.4 Å². The van der Waals surface area contributed by atoms with E-state index in [-0.39, 0.29) is 24.1 Å². The molecule has 0 amide bonds. The molecule has 0 spiro atoms. The zero-order chi connectivity index (χ0) is 20.3. The average molecular weight is 380 g/mol. The minimum atomic E-state index is -0.553. The zero-order valence-electron chi connectivity index (χ0n) is 17.1. The Morgan fingerprint density at radius 1 is 1.18 bits per heavy atom. The minimum Gasteiger partial charge on any atom is -0.491 e. The first-order chi connectivity index (χ1) is 13.3. The second-order valence-electron chi connectivity index (χ2n) is 8.00. The van der Waals surface area contributed by atoms with Crippen molar-refractivity contribution in [3.8, 4) is 17.6 Å². The van der Waals surface area contributed by atoms with Crippen molar-refractivity contribution in [2.45, 2.75) is 52.7 Å². The first kappa shape index (κ1) is 20.2. The smallest absolute Gasteiger partial charge is 0.254 e. The fourth-order valence-corrected chi connectivity index (χ4v) is 3.04. The van der Waals surface area contributed by atoms with Crippen molar-refractivity contribution in [2.75, 3.05) is 6.61 Å². The predicted octanol–water partition coefficient (Wildman–Crippen LogP) is 3.92. The van der Waals surface area contributed by atoms with Gasteiger partial charge in [0, 0.05) is 23.2 Å². The second-order valence-corrected chi connectivity index (χ2v) is 8.00. The molecule has 0 saturated heterocycles. The molecule has 1 saturated carbocycles. The van der Waals surface area contributed by atoms with E-state index in [1.54, 1.807) is 4.57 Å². The first-order valence-electron chi connectivity index (χ1n) is 10.0. The number of benzene rings is 1. The highest BCUT2D eigenvalue weighted by molar-refractivity contribution is 5.38. The summed E-state index contributed by atoms with van der Waals surface area (Å²) >= 11 is 0. The standard InChI is InChI=1S/C24H29NO3/c1-16(2)23(26)15-28-22-13-17(3)25(24(27)14-22)18(4)21-11-9-20(10-12-21)8-7-19-5-6-19/h9-14,16,18-19,23,26H,5-6,15H2,1-4H3/t18-,23?/m1/s1. The summed E-state index contributed by atoms with van der Waals surface area (Å²) in [5, 5.41) is 9.89. The molecule has 1 fully saturated rings. The molecule has 28 heavy (non-hydrogen) atoms. The maximum atomic E-state index is 12.7. The second kappa shape index (κ2) is 8.67. The lowest BCUT2D eigenvalue weighted by Gasteiger charge is -2.20. The number of aromatic nitrogens is 1. The van der Waals surface area contributed by atoms with E-state index in [2.05, 4.69) is 11.8 Å². The molecule has 1 unspecified atom stereocenters. The number of hydrogen-bond acceptors (Lipinski definition) is 3. The first-order valence-corrected chi connectivity index (χ1v) is 10.0. The van der Waals surface area contributed by atoms with Crippen LogP contribution in [0.3, 0.4) is 0 Å². The molecule has 2 aromatic rings. The van der Waals surface area contributed by atoms with Gasteiger partial charge in [-0.1, -0.05) is 37.8 Å². The van der Waals surface area contributed by atoms with Gasteiger partial charge < -0.3 is 14.4 Å². The molecule has 1 heterocycles. The SMILES string of the molecule is Cc1cc(OCC(O)C(C)C)cc(=O)n1[C@H](C)c1ccc(C#CC2CC2)cc1. The number of pyridine rings is 1. The van der Waals surface area contributed by atoms with Gasteiger partial charge in [-0.05, 0) is 56.4 Å². The van der Waals surface area contributed by atoms with Crippen molar-refractivity contribution < 1.29 is 9.84 Å². The number of nitrogens with zero attached hydrogens (tertiary/aromatic N) is 1. The number of ether oxygens (including phenoxy) is 1. The molecule has 0 aliphatic heterocycles. The molecular formula is C24H29NO3. The Morgan fingerprint density at radius 3 is 2.43 bits per heavy atom. The predicted molar refractivity (Wildman–Crippen MR) is 112 cm³/mol. The van der Waals surface area contributed by atoms with E-state index in [1.165, 1.54) is 18.9 Å². The summed E-state index contributed by atoms with van der Waals surface area (Å²) in [4.78, 5) is 12.7. The number of aliphatic hydroxyl groups is 1. The quantitative estimate of drug-likeness (QED) is 0.774. The van der Waals surface area contributed by atoms with Crippen LogP contribution in [-0.2, 0) is 0 Å². The van der Waals surface area contributed by atoms with E-state index in [0.29, 0.717) is 11.7 Å². The van der Waals surface area contributed by atoms with Crippen LogP contribution in [0, 0.1) is 30.6 Å². The molecule has 1 aromatic carbocycles. The number of rotatable bonds is 6. The van der Waals surface area contributed by atoms with Crippen LogP contribution < -0.4 is 10.3 Å². The molecule has 3 rings (SSSR count). The largest absolute Gasteiger partial charge is 0.491 e. The van der Waals surface area contributed by atoms with Crippen LogP contribution in [0.15, 0.2) is 41.2 Å². The molecule has 1 aliphatic carbocycles. The van der Waals surface area contributed by atoms with Gasteiger partial charge in [-0.15, -0.1) is 0 Å². The molecule has 0 radical (unpaired) electrons. The van der Waals surface area contributed by atoms with Gasteiger partial charge >= 0.3 is 0 Å². The van der Waals surface area contributed by atoms with Crippen LogP contribution >= 0.6 is 0 Å². The third kappa shape index (κ3) is 5.05. The van der Waals surface area contributed by atoms with Crippen LogP contribution in [0.4, 0.5) is 0 Å². The highest BCUT2D eigenvalue weighted by Crippen LogP contribution is 2.27. The third-order valence-corrected chi connectivity index (χ3v) is 5.20. The number of hydrogen-bond donors (Lipinski definition) is 1. The molecule has 1 N–H and O–H groups in total. The maximum absolute atomic E-state index is 12.7. The maximum Gasteiger partial charge on any atom is 0.254 e. The van der Waals surface area contributed by atoms with Gasteiger partial charge in [0.15, 0.2) is 0 Å². The molecule has 1 aliphatic rings. The lowest BCUT2D eigenvalue weighted by Crippen LogP contribution is -2.27. The summed E-state index contributed by atoms with van der Waals surface area (Å²) in [6.45, 7) is 7.96. The Hall–Kier alpha value is -2.51. The van der Waals surface area contributed by atoms with Crippen LogP contribution in [0.25, 0.3) is 0 Å². The number of aryl methyl sites for hydroxylation is 1. The van der Waals surface area contributed by atoms with Crippen LogP contribution in [-0.4, -0.2) is 22.4 Å². The van der Waals surface area contributed by atoms with Gasteiger partial charge in [0.2, 0.25) is 0 Å². The summed E-state index contributed by atoms with van der Waals surface area (Å²) in [5.41, 5.74) is 2.79. The highest BCUT2D eigenvalue weighted by atomic mass is 16.5. The van der Waals surface area contributed by atoms with Gasteiger partial charge in [0.05, 0.1) is 12.1 Å². The third-order valence-electron chi connectivity index (χ3n) is 5.20. The van der Waals surface area contributed by atoms with E-state index >= 15 is 0 Å². The van der Waals surface area contributed by atoms with Crippen molar-refractivity contribution in [2.24, 2.45) is 11.8 Å². The lowest BCUT2D eigenvalue weighted by atomic mass is 10.1. The molecular weight excluding hydrogens is 350 g/mol. The molecule has 2 atom stereocenters. The van der Waals surface area contributed by atoms with Crippen LogP contribution in [0.5, 0.6) is 5.75 Å². The Balaban J connectivity index is 1.75. The van der Waals surface area contributed by atoms with Crippen LogP contribution in [0.2, 0.25) is 0 Å². The minimum absolute atomic E-state index is 0.0896. The van der Waals surface area contributed by atoms with E-state index < -0.39 is 6.10 Å².